The van der Waals surface area contributed by atoms with Crippen LogP contribution < -0.4 is 10.2 Å². The van der Waals surface area contributed by atoms with Gasteiger partial charge in [0.1, 0.15) is 5.82 Å². The molecule has 0 saturated carbocycles. The SMILES string of the molecule is Cc1ccc(N2CC(C(=O)NCC(F)F)C2)nc1. The molecule has 1 saturated heterocycles. The average Bonchev–Trinajstić information content (AvgIpc) is 2.27. The summed E-state index contributed by atoms with van der Waals surface area (Å²) < 4.78 is 23.8. The van der Waals surface area contributed by atoms with Gasteiger partial charge in [0, 0.05) is 19.3 Å². The van der Waals surface area contributed by atoms with E-state index in [1.807, 2.05) is 24.0 Å². The molecule has 1 N–H and O–H groups in total. The molecule has 1 aromatic rings. The van der Waals surface area contributed by atoms with Gasteiger partial charge in [0.15, 0.2) is 0 Å². The van der Waals surface area contributed by atoms with Crippen LogP contribution in [0.3, 0.4) is 0 Å². The molecule has 0 radical (unpaired) electrons. The first-order valence-corrected chi connectivity index (χ1v) is 5.79. The van der Waals surface area contributed by atoms with Crippen LogP contribution in [0.1, 0.15) is 5.56 Å². The number of nitrogens with zero attached hydrogens (tertiary/aromatic N) is 2. The van der Waals surface area contributed by atoms with Crippen molar-refractivity contribution in [3.8, 4) is 0 Å². The summed E-state index contributed by atoms with van der Waals surface area (Å²) in [6.45, 7) is 2.45. The standard InChI is InChI=1S/C12H15F2N3O/c1-8-2-3-11(15-4-8)17-6-9(7-17)12(18)16-5-10(13)14/h2-4,9-10H,5-7H2,1H3,(H,16,18). The van der Waals surface area contributed by atoms with Gasteiger partial charge >= 0.3 is 0 Å². The molecule has 1 amide bonds. The van der Waals surface area contributed by atoms with Gasteiger partial charge < -0.3 is 10.2 Å². The third-order valence-corrected chi connectivity index (χ3v) is 2.90. The maximum atomic E-state index is 11.9. The second-order valence-corrected chi connectivity index (χ2v) is 4.43. The first-order chi connectivity index (χ1) is 8.56. The third-order valence-electron chi connectivity index (χ3n) is 2.90. The summed E-state index contributed by atoms with van der Waals surface area (Å²) in [6.07, 6.45) is -0.733. The topological polar surface area (TPSA) is 45.2 Å². The number of rotatable bonds is 4. The van der Waals surface area contributed by atoms with Gasteiger partial charge in [-0.15, -0.1) is 0 Å². The molecular weight excluding hydrogens is 240 g/mol. The second-order valence-electron chi connectivity index (χ2n) is 4.43. The Morgan fingerprint density at radius 2 is 2.28 bits per heavy atom. The number of carbonyl (C=O) groups excluding carboxylic acids is 1. The first-order valence-electron chi connectivity index (χ1n) is 5.79. The highest BCUT2D eigenvalue weighted by Crippen LogP contribution is 2.22. The monoisotopic (exact) mass is 255 g/mol. The first kappa shape index (κ1) is 12.7. The molecule has 1 aliphatic heterocycles. The van der Waals surface area contributed by atoms with Gasteiger partial charge in [-0.1, -0.05) is 6.07 Å². The minimum Gasteiger partial charge on any atom is -0.355 e. The largest absolute Gasteiger partial charge is 0.355 e. The van der Waals surface area contributed by atoms with Gasteiger partial charge in [-0.2, -0.15) is 0 Å². The zero-order valence-corrected chi connectivity index (χ0v) is 10.1. The van der Waals surface area contributed by atoms with Crippen molar-refractivity contribution in [1.29, 1.82) is 0 Å². The molecule has 0 unspecified atom stereocenters. The van der Waals surface area contributed by atoms with Crippen LogP contribution in [-0.2, 0) is 4.79 Å². The Morgan fingerprint density at radius 1 is 1.56 bits per heavy atom. The Balaban J connectivity index is 1.79. The highest BCUT2D eigenvalue weighted by Gasteiger charge is 2.33. The minimum atomic E-state index is -2.50. The van der Waals surface area contributed by atoms with E-state index < -0.39 is 13.0 Å². The number of hydrogen-bond donors (Lipinski definition) is 1. The van der Waals surface area contributed by atoms with Crippen molar-refractivity contribution < 1.29 is 13.6 Å². The fourth-order valence-corrected chi connectivity index (χ4v) is 1.80. The number of halogens is 2. The van der Waals surface area contributed by atoms with Crippen molar-refractivity contribution in [3.05, 3.63) is 23.9 Å². The molecule has 0 spiro atoms. The van der Waals surface area contributed by atoms with Crippen molar-refractivity contribution in [2.24, 2.45) is 5.92 Å². The number of aryl methyl sites for hydroxylation is 1. The van der Waals surface area contributed by atoms with Crippen molar-refractivity contribution in [1.82, 2.24) is 10.3 Å². The molecule has 0 bridgehead atoms. The number of aromatic nitrogens is 1. The highest BCUT2D eigenvalue weighted by molar-refractivity contribution is 5.81. The van der Waals surface area contributed by atoms with Gasteiger partial charge in [-0.25, -0.2) is 13.8 Å². The smallest absolute Gasteiger partial charge is 0.255 e. The summed E-state index contributed by atoms with van der Waals surface area (Å²) >= 11 is 0. The van der Waals surface area contributed by atoms with E-state index in [1.165, 1.54) is 0 Å². The van der Waals surface area contributed by atoms with E-state index in [1.54, 1.807) is 6.20 Å². The molecule has 1 aliphatic rings. The summed E-state index contributed by atoms with van der Waals surface area (Å²) in [5, 5.41) is 2.23. The van der Waals surface area contributed by atoms with Crippen molar-refractivity contribution >= 4 is 11.7 Å². The van der Waals surface area contributed by atoms with Crippen LogP contribution in [0.5, 0.6) is 0 Å². The van der Waals surface area contributed by atoms with Crippen molar-refractivity contribution in [3.63, 3.8) is 0 Å². The number of carbonyl (C=O) groups is 1. The molecule has 0 atom stereocenters. The minimum absolute atomic E-state index is 0.216. The predicted molar refractivity (Wildman–Crippen MR) is 63.7 cm³/mol. The van der Waals surface area contributed by atoms with Crippen molar-refractivity contribution in [2.45, 2.75) is 13.3 Å². The van der Waals surface area contributed by atoms with E-state index in [4.69, 9.17) is 0 Å². The fourth-order valence-electron chi connectivity index (χ4n) is 1.80. The number of pyridine rings is 1. The van der Waals surface area contributed by atoms with Crippen LogP contribution >= 0.6 is 0 Å². The van der Waals surface area contributed by atoms with Crippen LogP contribution in [0.15, 0.2) is 18.3 Å². The van der Waals surface area contributed by atoms with Gasteiger partial charge in [-0.05, 0) is 18.6 Å². The molecule has 1 aromatic heterocycles. The van der Waals surface area contributed by atoms with Crippen LogP contribution in [-0.4, -0.2) is 37.0 Å². The van der Waals surface area contributed by atoms with Crippen LogP contribution in [0.2, 0.25) is 0 Å². The Labute approximate surface area is 104 Å². The molecule has 18 heavy (non-hydrogen) atoms. The molecule has 98 valence electrons. The predicted octanol–water partition coefficient (Wildman–Crippen LogP) is 1.21. The third kappa shape index (κ3) is 2.94. The lowest BCUT2D eigenvalue weighted by Gasteiger charge is -2.39. The lowest BCUT2D eigenvalue weighted by atomic mass is 9.99. The molecule has 2 rings (SSSR count). The van der Waals surface area contributed by atoms with Gasteiger partial charge in [0.25, 0.3) is 6.43 Å². The number of anilines is 1. The van der Waals surface area contributed by atoms with Crippen LogP contribution in [0, 0.1) is 12.8 Å². The van der Waals surface area contributed by atoms with E-state index in [9.17, 15) is 13.6 Å². The molecule has 0 aliphatic carbocycles. The quantitative estimate of drug-likeness (QED) is 0.879. The molecule has 2 heterocycles. The summed E-state index contributed by atoms with van der Waals surface area (Å²) in [5.41, 5.74) is 1.07. The molecule has 1 fully saturated rings. The Kier molecular flexibility index (Phi) is 3.74. The number of nitrogens with one attached hydrogen (secondary N) is 1. The molecule has 6 heteroatoms. The van der Waals surface area contributed by atoms with Crippen molar-refractivity contribution in [2.75, 3.05) is 24.5 Å². The lowest BCUT2D eigenvalue weighted by Crippen LogP contribution is -2.54. The summed E-state index contributed by atoms with van der Waals surface area (Å²) in [7, 11) is 0. The number of amides is 1. The summed E-state index contributed by atoms with van der Waals surface area (Å²) in [5.74, 6) is 0.295. The summed E-state index contributed by atoms with van der Waals surface area (Å²) in [4.78, 5) is 17.7. The van der Waals surface area contributed by atoms with Gasteiger partial charge in [0.05, 0.1) is 12.5 Å². The second kappa shape index (κ2) is 5.29. The maximum Gasteiger partial charge on any atom is 0.255 e. The van der Waals surface area contributed by atoms with Crippen LogP contribution in [0.25, 0.3) is 0 Å². The van der Waals surface area contributed by atoms with Crippen LogP contribution in [0.4, 0.5) is 14.6 Å². The lowest BCUT2D eigenvalue weighted by molar-refractivity contribution is -0.126. The Morgan fingerprint density at radius 3 is 2.83 bits per heavy atom. The van der Waals surface area contributed by atoms with E-state index >= 15 is 0 Å². The van der Waals surface area contributed by atoms with E-state index in [-0.39, 0.29) is 11.8 Å². The fraction of sp³-hybridized carbons (Fsp3) is 0.500. The summed E-state index contributed by atoms with van der Waals surface area (Å²) in [6, 6.07) is 3.84. The average molecular weight is 255 g/mol. The molecular formula is C12H15F2N3O. The van der Waals surface area contributed by atoms with Gasteiger partial charge in [0.2, 0.25) is 5.91 Å². The Hall–Kier alpha value is -1.72. The highest BCUT2D eigenvalue weighted by atomic mass is 19.3. The normalized spacial score (nSPS) is 15.7. The molecule has 0 aromatic carbocycles. The zero-order valence-electron chi connectivity index (χ0n) is 10.1. The Bertz CT molecular complexity index is 416. The maximum absolute atomic E-state index is 11.9. The van der Waals surface area contributed by atoms with E-state index in [0.717, 1.165) is 11.4 Å². The zero-order chi connectivity index (χ0) is 13.1. The van der Waals surface area contributed by atoms with Gasteiger partial charge in [-0.3, -0.25) is 4.79 Å². The number of alkyl halides is 2. The van der Waals surface area contributed by atoms with E-state index in [2.05, 4.69) is 10.3 Å². The molecule has 4 nitrogen and oxygen atoms in total. The van der Waals surface area contributed by atoms with E-state index in [0.29, 0.717) is 13.1 Å². The number of hydrogen-bond acceptors (Lipinski definition) is 3.